The van der Waals surface area contributed by atoms with Gasteiger partial charge in [0, 0.05) is 6.42 Å². The van der Waals surface area contributed by atoms with E-state index in [-0.39, 0.29) is 0 Å². The number of rotatable bonds is 2. The molecule has 0 nitrogen and oxygen atoms in total. The van der Waals surface area contributed by atoms with Crippen LogP contribution in [0.25, 0.3) is 0 Å². The molecule has 0 fully saturated rings. The average molecular weight is 323 g/mol. The van der Waals surface area contributed by atoms with Crippen LogP contribution in [0.4, 0.5) is 0 Å². The molecular weight excluding hydrogens is 287 g/mol. The molecule has 0 unspecified atom stereocenters. The summed E-state index contributed by atoms with van der Waals surface area (Å²) in [6.07, 6.45) is 5.32. The van der Waals surface area contributed by atoms with Gasteiger partial charge in [-0.1, -0.05) is 79.4 Å². The lowest BCUT2D eigenvalue weighted by molar-refractivity contribution is 0.529. The summed E-state index contributed by atoms with van der Waals surface area (Å²) in [5.74, 6) is 1.21. The van der Waals surface area contributed by atoms with Gasteiger partial charge in [0.2, 0.25) is 0 Å². The summed E-state index contributed by atoms with van der Waals surface area (Å²) in [6.45, 7) is 17.5. The Kier molecular flexibility index (Phi) is 13.5. The van der Waals surface area contributed by atoms with Gasteiger partial charge in [0.1, 0.15) is 4.33 Å². The Balaban J connectivity index is 0. The summed E-state index contributed by atoms with van der Waals surface area (Å²) in [5, 5.41) is 0. The normalized spacial score (nSPS) is 17.4. The number of hydrogen-bond acceptors (Lipinski definition) is 0. The Bertz CT molecular complexity index is 261. The van der Waals surface area contributed by atoms with Gasteiger partial charge in [-0.25, -0.2) is 0 Å². The van der Waals surface area contributed by atoms with Crippen molar-refractivity contribution < 1.29 is 0 Å². The molecule has 2 heteroatoms. The van der Waals surface area contributed by atoms with Crippen molar-refractivity contribution in [2.45, 2.75) is 91.8 Å². The van der Waals surface area contributed by atoms with E-state index in [0.29, 0.717) is 11.8 Å². The molecule has 0 aromatic heterocycles. The number of alkyl halides is 2. The number of hydrogen-bond donors (Lipinski definition) is 0. The van der Waals surface area contributed by atoms with Crippen molar-refractivity contribution in [3.05, 3.63) is 11.1 Å². The van der Waals surface area contributed by atoms with E-state index < -0.39 is 4.33 Å². The van der Waals surface area contributed by atoms with E-state index in [0.717, 1.165) is 19.3 Å². The highest BCUT2D eigenvalue weighted by atomic mass is 35.5. The van der Waals surface area contributed by atoms with E-state index in [1.54, 1.807) is 5.57 Å². The van der Waals surface area contributed by atoms with Crippen LogP contribution in [0.15, 0.2) is 11.1 Å². The molecule has 1 aliphatic carbocycles. The van der Waals surface area contributed by atoms with Gasteiger partial charge in [0.25, 0.3) is 0 Å². The Morgan fingerprint density at radius 3 is 1.50 bits per heavy atom. The largest absolute Gasteiger partial charge is 0.122 e. The van der Waals surface area contributed by atoms with Crippen LogP contribution >= 0.6 is 23.2 Å². The van der Waals surface area contributed by atoms with Crippen LogP contribution in [-0.2, 0) is 0 Å². The molecule has 1 rings (SSSR count). The van der Waals surface area contributed by atoms with Gasteiger partial charge in [-0.05, 0) is 24.7 Å². The van der Waals surface area contributed by atoms with E-state index in [4.69, 9.17) is 23.2 Å². The first-order valence-corrected chi connectivity index (χ1v) is 9.01. The molecule has 0 aromatic carbocycles. The third-order valence-electron chi connectivity index (χ3n) is 3.02. The first-order chi connectivity index (χ1) is 9.16. The fourth-order valence-electron chi connectivity index (χ4n) is 2.19. The van der Waals surface area contributed by atoms with E-state index in [1.807, 2.05) is 0 Å². The van der Waals surface area contributed by atoms with Crippen molar-refractivity contribution in [3.8, 4) is 0 Å². The highest BCUT2D eigenvalue weighted by Crippen LogP contribution is 2.44. The van der Waals surface area contributed by atoms with Crippen molar-refractivity contribution in [2.24, 2.45) is 11.8 Å². The zero-order chi connectivity index (χ0) is 16.3. The van der Waals surface area contributed by atoms with Gasteiger partial charge < -0.3 is 0 Å². The maximum absolute atomic E-state index is 6.21. The molecule has 0 amide bonds. The molecule has 0 saturated carbocycles. The summed E-state index contributed by atoms with van der Waals surface area (Å²) < 4.78 is -0.516. The van der Waals surface area contributed by atoms with Crippen molar-refractivity contribution in [1.82, 2.24) is 0 Å². The molecular formula is C18H36Cl2. The highest BCUT2D eigenvalue weighted by molar-refractivity contribution is 6.48. The molecule has 0 radical (unpaired) electrons. The fourth-order valence-corrected chi connectivity index (χ4v) is 2.67. The van der Waals surface area contributed by atoms with E-state index in [1.165, 1.54) is 18.4 Å². The molecule has 0 atom stereocenters. The lowest BCUT2D eigenvalue weighted by Crippen LogP contribution is -2.23. The molecule has 0 aliphatic heterocycles. The fraction of sp³-hybridized carbons (Fsp3) is 0.889. The minimum atomic E-state index is -0.516. The maximum Gasteiger partial charge on any atom is 0.122 e. The molecule has 0 N–H and O–H groups in total. The smallest absolute Gasteiger partial charge is 0.101 e. The lowest BCUT2D eigenvalue weighted by Gasteiger charge is -2.33. The zero-order valence-corrected chi connectivity index (χ0v) is 16.5. The van der Waals surface area contributed by atoms with Crippen LogP contribution in [0.3, 0.4) is 0 Å². The number of allylic oxidation sites excluding steroid dienone is 2. The molecule has 0 spiro atoms. The highest BCUT2D eigenvalue weighted by Gasteiger charge is 2.32. The summed E-state index contributed by atoms with van der Waals surface area (Å²) >= 11 is 12.4. The predicted octanol–water partition coefficient (Wildman–Crippen LogP) is 7.79. The van der Waals surface area contributed by atoms with E-state index in [2.05, 4.69) is 55.4 Å². The van der Waals surface area contributed by atoms with Crippen LogP contribution in [-0.4, -0.2) is 4.33 Å². The van der Waals surface area contributed by atoms with E-state index >= 15 is 0 Å². The molecule has 0 bridgehead atoms. The second-order valence-electron chi connectivity index (χ2n) is 6.31. The summed E-state index contributed by atoms with van der Waals surface area (Å²) in [6, 6.07) is 0. The standard InChI is InChI=1S/C12H20Cl2.2C3H8/c1-8(2)10-5-6-12(13,14)7-11(10)9(3)4;2*1-3-2/h8-9H,5-7H2,1-4H3;2*3H2,1-2H3. The first-order valence-electron chi connectivity index (χ1n) is 8.26. The quantitative estimate of drug-likeness (QED) is 0.359. The van der Waals surface area contributed by atoms with Crippen LogP contribution in [0.5, 0.6) is 0 Å². The van der Waals surface area contributed by atoms with Gasteiger partial charge in [-0.2, -0.15) is 0 Å². The molecule has 0 heterocycles. The third-order valence-corrected chi connectivity index (χ3v) is 3.66. The monoisotopic (exact) mass is 322 g/mol. The minimum Gasteiger partial charge on any atom is -0.101 e. The second kappa shape index (κ2) is 11.9. The Labute approximate surface area is 138 Å². The first kappa shape index (κ1) is 22.6. The van der Waals surface area contributed by atoms with Gasteiger partial charge in [0.05, 0.1) is 0 Å². The lowest BCUT2D eigenvalue weighted by atomic mass is 9.80. The minimum absolute atomic E-state index is 0.516. The molecule has 1 aliphatic rings. The van der Waals surface area contributed by atoms with Crippen molar-refractivity contribution >= 4 is 23.2 Å². The SMILES string of the molecule is CC(C)C1=C(C(C)C)CC(Cl)(Cl)CC1.CCC.CCC. The average Bonchev–Trinajstić information content (AvgIpc) is 2.29. The van der Waals surface area contributed by atoms with Crippen LogP contribution in [0.2, 0.25) is 0 Å². The van der Waals surface area contributed by atoms with Gasteiger partial charge in [-0.15, -0.1) is 23.2 Å². The van der Waals surface area contributed by atoms with Crippen molar-refractivity contribution in [1.29, 1.82) is 0 Å². The van der Waals surface area contributed by atoms with Crippen LogP contribution < -0.4 is 0 Å². The van der Waals surface area contributed by atoms with Gasteiger partial charge >= 0.3 is 0 Å². The van der Waals surface area contributed by atoms with Gasteiger partial charge in [0.15, 0.2) is 0 Å². The molecule has 0 aromatic rings. The molecule has 0 saturated heterocycles. The van der Waals surface area contributed by atoms with Crippen molar-refractivity contribution in [2.75, 3.05) is 0 Å². The second-order valence-corrected chi connectivity index (χ2v) is 7.95. The van der Waals surface area contributed by atoms with Crippen LogP contribution in [0, 0.1) is 11.8 Å². The van der Waals surface area contributed by atoms with Crippen molar-refractivity contribution in [3.63, 3.8) is 0 Å². The van der Waals surface area contributed by atoms with Gasteiger partial charge in [-0.3, -0.25) is 0 Å². The Morgan fingerprint density at radius 2 is 1.20 bits per heavy atom. The predicted molar refractivity (Wildman–Crippen MR) is 96.9 cm³/mol. The Morgan fingerprint density at radius 1 is 0.850 bits per heavy atom. The van der Waals surface area contributed by atoms with E-state index in [9.17, 15) is 0 Å². The summed E-state index contributed by atoms with van der Waals surface area (Å²) in [7, 11) is 0. The molecule has 20 heavy (non-hydrogen) atoms. The number of halogens is 2. The topological polar surface area (TPSA) is 0 Å². The van der Waals surface area contributed by atoms with Crippen LogP contribution in [0.1, 0.15) is 87.5 Å². The Hall–Kier alpha value is 0.320. The molecule has 122 valence electrons. The summed E-state index contributed by atoms with van der Waals surface area (Å²) in [4.78, 5) is 0. The summed E-state index contributed by atoms with van der Waals surface area (Å²) in [5.41, 5.74) is 3.06. The zero-order valence-electron chi connectivity index (χ0n) is 14.9. The maximum atomic E-state index is 6.21. The third kappa shape index (κ3) is 10.1.